The van der Waals surface area contributed by atoms with Gasteiger partial charge in [-0.1, -0.05) is 22.4 Å². The molecule has 176 valence electrons. The molecule has 0 spiro atoms. The Morgan fingerprint density at radius 2 is 2.24 bits per heavy atom. The number of nitrogens with one attached hydrogen (secondary N) is 2. The fourth-order valence-electron chi connectivity index (χ4n) is 3.55. The summed E-state index contributed by atoms with van der Waals surface area (Å²) >= 11 is 5.91. The summed E-state index contributed by atoms with van der Waals surface area (Å²) in [7, 11) is 0.379. The summed E-state index contributed by atoms with van der Waals surface area (Å²) in [4.78, 5) is 17.1. The number of carbonyl (C=O) groups excluding carboxylic acids is 1. The summed E-state index contributed by atoms with van der Waals surface area (Å²) in [5.41, 5.74) is 2.16. The Balaban J connectivity index is 1.72. The molecule has 11 heteroatoms. The van der Waals surface area contributed by atoms with Gasteiger partial charge in [0.1, 0.15) is 17.6 Å². The van der Waals surface area contributed by atoms with E-state index >= 15 is 0 Å². The summed E-state index contributed by atoms with van der Waals surface area (Å²) in [6.45, 7) is 2.21. The number of hydrogen-bond donors (Lipinski definition) is 2. The molecule has 2 unspecified atom stereocenters. The molecule has 2 atom stereocenters. The number of amides is 1. The Hall–Kier alpha value is -2.87. The van der Waals surface area contributed by atoms with Crippen LogP contribution in [0.25, 0.3) is 10.9 Å². The second-order valence-corrected chi connectivity index (χ2v) is 11.5. The van der Waals surface area contributed by atoms with Gasteiger partial charge in [-0.15, -0.1) is 0 Å². The molecule has 1 amide bonds. The third-order valence-electron chi connectivity index (χ3n) is 5.12. The minimum Gasteiger partial charge on any atom is -0.492 e. The van der Waals surface area contributed by atoms with Gasteiger partial charge in [-0.3, -0.25) is 9.78 Å². The van der Waals surface area contributed by atoms with E-state index in [1.54, 1.807) is 12.1 Å². The first kappa shape index (κ1) is 24.3. The molecule has 1 aliphatic heterocycles. The zero-order chi connectivity index (χ0) is 24.2. The third-order valence-corrected chi connectivity index (χ3v) is 8.82. The Morgan fingerprint density at radius 3 is 2.91 bits per heavy atom. The van der Waals surface area contributed by atoms with Crippen LogP contribution in [-0.2, 0) is 14.6 Å². The molecule has 1 aromatic heterocycles. The van der Waals surface area contributed by atoms with Crippen molar-refractivity contribution in [3.8, 4) is 11.8 Å². The molecule has 1 saturated heterocycles. The zero-order valence-electron chi connectivity index (χ0n) is 18.1. The summed E-state index contributed by atoms with van der Waals surface area (Å²) in [6.07, 6.45) is 2.39. The predicted molar refractivity (Wildman–Crippen MR) is 135 cm³/mol. The van der Waals surface area contributed by atoms with Crippen LogP contribution in [0.1, 0.15) is 25.3 Å². The summed E-state index contributed by atoms with van der Waals surface area (Å²) in [5.74, 6) is 0.260. The zero-order valence-corrected chi connectivity index (χ0v) is 20.5. The fraction of sp³-hybridized carbons (Fsp3) is 0.261. The number of nitriles is 1. The highest BCUT2D eigenvalue weighted by molar-refractivity contribution is 8.69. The smallest absolute Gasteiger partial charge is 0.225 e. The number of ether oxygens (including phenoxy) is 1. The average Bonchev–Trinajstić information content (AvgIpc) is 3.21. The lowest BCUT2D eigenvalue weighted by Crippen LogP contribution is -2.17. The van der Waals surface area contributed by atoms with E-state index in [-0.39, 0.29) is 28.2 Å². The SMILES string of the molecule is CCOc1cc2ncc(C#N)c(Nc3ccc(F)c(Cl)c3)c2cc1NC(=O)CC1CCS(=O)S1. The van der Waals surface area contributed by atoms with E-state index in [1.807, 2.05) is 6.92 Å². The van der Waals surface area contributed by atoms with Crippen LogP contribution in [0.2, 0.25) is 5.02 Å². The van der Waals surface area contributed by atoms with Gasteiger partial charge in [-0.05, 0) is 37.6 Å². The molecule has 1 fully saturated rings. The normalized spacial score (nSPS) is 17.4. The monoisotopic (exact) mass is 518 g/mol. The number of pyridine rings is 1. The molecule has 2 N–H and O–H groups in total. The number of benzene rings is 2. The Labute approximate surface area is 206 Å². The van der Waals surface area contributed by atoms with Gasteiger partial charge in [0.2, 0.25) is 5.91 Å². The lowest BCUT2D eigenvalue weighted by atomic mass is 10.1. The number of carbonyl (C=O) groups is 1. The second-order valence-electron chi connectivity index (χ2n) is 7.48. The number of anilines is 3. The van der Waals surface area contributed by atoms with Crippen LogP contribution < -0.4 is 15.4 Å². The van der Waals surface area contributed by atoms with Crippen LogP contribution in [0.5, 0.6) is 5.75 Å². The molecule has 0 aliphatic carbocycles. The first-order valence-electron chi connectivity index (χ1n) is 10.4. The molecule has 1 aliphatic rings. The highest BCUT2D eigenvalue weighted by Crippen LogP contribution is 2.37. The van der Waals surface area contributed by atoms with Gasteiger partial charge in [0.15, 0.2) is 0 Å². The van der Waals surface area contributed by atoms with E-state index in [2.05, 4.69) is 21.7 Å². The maximum Gasteiger partial charge on any atom is 0.225 e. The lowest BCUT2D eigenvalue weighted by Gasteiger charge is -2.17. The minimum atomic E-state index is -0.940. The second kappa shape index (κ2) is 10.6. The highest BCUT2D eigenvalue weighted by Gasteiger charge is 2.25. The van der Waals surface area contributed by atoms with Crippen molar-refractivity contribution in [3.05, 3.63) is 52.9 Å². The van der Waals surface area contributed by atoms with E-state index in [0.29, 0.717) is 46.1 Å². The van der Waals surface area contributed by atoms with Crippen LogP contribution in [-0.4, -0.2) is 32.7 Å². The molecule has 0 saturated carbocycles. The highest BCUT2D eigenvalue weighted by atomic mass is 35.5. The lowest BCUT2D eigenvalue weighted by molar-refractivity contribution is -0.116. The first-order chi connectivity index (χ1) is 16.4. The largest absolute Gasteiger partial charge is 0.492 e. The van der Waals surface area contributed by atoms with Crippen LogP contribution in [0, 0.1) is 17.1 Å². The van der Waals surface area contributed by atoms with E-state index in [4.69, 9.17) is 16.3 Å². The molecule has 0 radical (unpaired) electrons. The van der Waals surface area contributed by atoms with Crippen molar-refractivity contribution in [1.29, 1.82) is 5.26 Å². The molecule has 3 aromatic rings. The average molecular weight is 519 g/mol. The molecule has 7 nitrogen and oxygen atoms in total. The molecule has 0 bridgehead atoms. The molecule has 2 heterocycles. The number of aromatic nitrogens is 1. The number of hydrogen-bond acceptors (Lipinski definition) is 7. The molecule has 2 aromatic carbocycles. The number of fused-ring (bicyclic) bond motifs is 1. The van der Waals surface area contributed by atoms with Crippen molar-refractivity contribution in [2.45, 2.75) is 25.0 Å². The minimum absolute atomic E-state index is 0.00384. The third kappa shape index (κ3) is 5.43. The van der Waals surface area contributed by atoms with Gasteiger partial charge in [0.25, 0.3) is 0 Å². The number of halogens is 2. The quantitative estimate of drug-likeness (QED) is 0.396. The van der Waals surface area contributed by atoms with E-state index in [9.17, 15) is 18.7 Å². The number of nitrogens with zero attached hydrogens (tertiary/aromatic N) is 2. The van der Waals surface area contributed by atoms with Crippen molar-refractivity contribution in [2.24, 2.45) is 0 Å². The van der Waals surface area contributed by atoms with E-state index < -0.39 is 15.6 Å². The predicted octanol–water partition coefficient (Wildman–Crippen LogP) is 5.54. The van der Waals surface area contributed by atoms with Crippen LogP contribution in [0.3, 0.4) is 0 Å². The Morgan fingerprint density at radius 1 is 1.41 bits per heavy atom. The van der Waals surface area contributed by atoms with Crippen LogP contribution >= 0.6 is 22.4 Å². The van der Waals surface area contributed by atoms with Gasteiger partial charge in [0.05, 0.1) is 43.9 Å². The van der Waals surface area contributed by atoms with Gasteiger partial charge >= 0.3 is 0 Å². The molecule has 34 heavy (non-hydrogen) atoms. The summed E-state index contributed by atoms with van der Waals surface area (Å²) in [6, 6.07) is 9.65. The maximum atomic E-state index is 13.6. The van der Waals surface area contributed by atoms with Crippen molar-refractivity contribution in [2.75, 3.05) is 23.0 Å². The molecule has 4 rings (SSSR count). The topological polar surface area (TPSA) is 104 Å². The fourth-order valence-corrected chi connectivity index (χ4v) is 7.17. The Bertz CT molecular complexity index is 1330. The van der Waals surface area contributed by atoms with E-state index in [0.717, 1.165) is 6.42 Å². The van der Waals surface area contributed by atoms with Gasteiger partial charge in [-0.25, -0.2) is 8.60 Å². The maximum absolute atomic E-state index is 13.6. The first-order valence-corrected chi connectivity index (χ1v) is 13.5. The number of rotatable bonds is 7. The van der Waals surface area contributed by atoms with Crippen molar-refractivity contribution in [1.82, 2.24) is 4.98 Å². The Kier molecular flexibility index (Phi) is 7.56. The standard InChI is InChI=1S/C23H20ClFN4O3S2/c1-2-32-21-10-19-16(9-20(21)29-22(30)8-15-5-6-34(31)33-15)23(13(11-26)12-27-19)28-14-3-4-18(25)17(24)7-14/h3-4,7,9-10,12,15H,2,5-6,8H2,1H3,(H,27,28)(H,29,30). The van der Waals surface area contributed by atoms with Gasteiger partial charge in [-0.2, -0.15) is 5.26 Å². The van der Waals surface area contributed by atoms with Gasteiger partial charge < -0.3 is 15.4 Å². The van der Waals surface area contributed by atoms with Crippen LogP contribution in [0.4, 0.5) is 21.5 Å². The van der Waals surface area contributed by atoms with Gasteiger partial charge in [0, 0.05) is 40.8 Å². The van der Waals surface area contributed by atoms with Crippen LogP contribution in [0.15, 0.2) is 36.5 Å². The summed E-state index contributed by atoms with van der Waals surface area (Å²) in [5, 5.41) is 16.2. The van der Waals surface area contributed by atoms with Crippen molar-refractivity contribution < 1.29 is 18.1 Å². The van der Waals surface area contributed by atoms with Crippen molar-refractivity contribution >= 4 is 66.1 Å². The molecular weight excluding hydrogens is 499 g/mol. The van der Waals surface area contributed by atoms with E-state index in [1.165, 1.54) is 35.2 Å². The summed E-state index contributed by atoms with van der Waals surface area (Å²) < 4.78 is 30.9. The van der Waals surface area contributed by atoms with Crippen molar-refractivity contribution in [3.63, 3.8) is 0 Å². The molecular formula is C23H20ClFN4O3S2.